The summed E-state index contributed by atoms with van der Waals surface area (Å²) in [5.74, 6) is 2.53. The molecule has 1 aliphatic heterocycles. The SMILES string of the molecule is CCOc1cc(C)nc(N2CCN(Cc3nccn3C)CC2)n1. The summed E-state index contributed by atoms with van der Waals surface area (Å²) in [7, 11) is 2.04. The second kappa shape index (κ2) is 6.95. The van der Waals surface area contributed by atoms with Crippen molar-refractivity contribution in [2.24, 2.45) is 7.05 Å². The summed E-state index contributed by atoms with van der Waals surface area (Å²) in [4.78, 5) is 18.1. The zero-order valence-corrected chi connectivity index (χ0v) is 14.1. The molecule has 2 aromatic heterocycles. The quantitative estimate of drug-likeness (QED) is 0.827. The Balaban J connectivity index is 1.61. The van der Waals surface area contributed by atoms with Crippen LogP contribution in [0, 0.1) is 6.92 Å². The molecule has 3 heterocycles. The van der Waals surface area contributed by atoms with Crippen LogP contribution in [0.1, 0.15) is 18.4 Å². The zero-order valence-electron chi connectivity index (χ0n) is 14.1. The summed E-state index contributed by atoms with van der Waals surface area (Å²) in [6.45, 7) is 9.24. The van der Waals surface area contributed by atoms with Gasteiger partial charge in [0.2, 0.25) is 11.8 Å². The van der Waals surface area contributed by atoms with Gasteiger partial charge in [-0.2, -0.15) is 4.98 Å². The lowest BCUT2D eigenvalue weighted by Crippen LogP contribution is -2.46. The van der Waals surface area contributed by atoms with Gasteiger partial charge in [-0.25, -0.2) is 9.97 Å². The summed E-state index contributed by atoms with van der Waals surface area (Å²) in [5.41, 5.74) is 0.939. The maximum atomic E-state index is 5.52. The van der Waals surface area contributed by atoms with Crippen molar-refractivity contribution in [2.75, 3.05) is 37.7 Å². The Morgan fingerprint density at radius 1 is 1.17 bits per heavy atom. The lowest BCUT2D eigenvalue weighted by Gasteiger charge is -2.34. The minimum atomic E-state index is 0.618. The first-order valence-electron chi connectivity index (χ1n) is 8.07. The Labute approximate surface area is 136 Å². The number of imidazole rings is 1. The number of nitrogens with zero attached hydrogens (tertiary/aromatic N) is 6. The van der Waals surface area contributed by atoms with Gasteiger partial charge in [0.1, 0.15) is 5.82 Å². The van der Waals surface area contributed by atoms with Crippen LogP contribution in [0.3, 0.4) is 0 Å². The van der Waals surface area contributed by atoms with E-state index < -0.39 is 0 Å². The van der Waals surface area contributed by atoms with Crippen molar-refractivity contribution >= 4 is 5.95 Å². The molecule has 0 aliphatic carbocycles. The van der Waals surface area contributed by atoms with Gasteiger partial charge in [-0.05, 0) is 13.8 Å². The van der Waals surface area contributed by atoms with Crippen molar-refractivity contribution in [3.63, 3.8) is 0 Å². The normalized spacial score (nSPS) is 15.9. The van der Waals surface area contributed by atoms with Crippen LogP contribution < -0.4 is 9.64 Å². The molecule has 7 heteroatoms. The zero-order chi connectivity index (χ0) is 16.2. The molecule has 0 amide bonds. The highest BCUT2D eigenvalue weighted by Gasteiger charge is 2.20. The standard InChI is InChI=1S/C16H24N6O/c1-4-23-15-11-13(2)18-16(19-15)22-9-7-21(8-10-22)12-14-17-5-6-20(14)3/h5-6,11H,4,7-10,12H2,1-3H3. The van der Waals surface area contributed by atoms with Gasteiger partial charge in [-0.1, -0.05) is 0 Å². The van der Waals surface area contributed by atoms with E-state index in [1.165, 1.54) is 0 Å². The molecule has 0 unspecified atom stereocenters. The highest BCUT2D eigenvalue weighted by atomic mass is 16.5. The fourth-order valence-electron chi connectivity index (χ4n) is 2.74. The molecule has 0 bridgehead atoms. The van der Waals surface area contributed by atoms with Crippen molar-refractivity contribution < 1.29 is 4.74 Å². The first-order chi connectivity index (χ1) is 11.2. The van der Waals surface area contributed by atoms with Crippen LogP contribution in [0.5, 0.6) is 5.88 Å². The lowest BCUT2D eigenvalue weighted by atomic mass is 10.3. The lowest BCUT2D eigenvalue weighted by molar-refractivity contribution is 0.240. The molecular formula is C16H24N6O. The Kier molecular flexibility index (Phi) is 4.76. The van der Waals surface area contributed by atoms with E-state index in [0.29, 0.717) is 12.5 Å². The number of ether oxygens (including phenoxy) is 1. The predicted molar refractivity (Wildman–Crippen MR) is 88.6 cm³/mol. The van der Waals surface area contributed by atoms with Gasteiger partial charge in [-0.15, -0.1) is 0 Å². The van der Waals surface area contributed by atoms with Crippen LogP contribution in [-0.2, 0) is 13.6 Å². The van der Waals surface area contributed by atoms with E-state index in [1.54, 1.807) is 0 Å². The molecule has 23 heavy (non-hydrogen) atoms. The summed E-state index contributed by atoms with van der Waals surface area (Å²) >= 11 is 0. The summed E-state index contributed by atoms with van der Waals surface area (Å²) in [6, 6.07) is 1.88. The van der Waals surface area contributed by atoms with Gasteiger partial charge in [0.25, 0.3) is 0 Å². The Bertz CT molecular complexity index is 648. The molecular weight excluding hydrogens is 292 g/mol. The third kappa shape index (κ3) is 3.79. The molecule has 0 N–H and O–H groups in total. The number of aromatic nitrogens is 4. The average Bonchev–Trinajstić information content (AvgIpc) is 2.93. The number of anilines is 1. The van der Waals surface area contributed by atoms with Gasteiger partial charge in [0.05, 0.1) is 13.2 Å². The van der Waals surface area contributed by atoms with Crippen LogP contribution in [0.2, 0.25) is 0 Å². The molecule has 0 spiro atoms. The molecule has 1 fully saturated rings. The van der Waals surface area contributed by atoms with E-state index in [9.17, 15) is 0 Å². The number of hydrogen-bond acceptors (Lipinski definition) is 6. The van der Waals surface area contributed by atoms with Crippen LogP contribution in [0.4, 0.5) is 5.95 Å². The number of rotatable bonds is 5. The van der Waals surface area contributed by atoms with Gasteiger partial charge >= 0.3 is 0 Å². The molecule has 0 atom stereocenters. The van der Waals surface area contributed by atoms with E-state index in [4.69, 9.17) is 4.74 Å². The summed E-state index contributed by atoms with van der Waals surface area (Å²) in [6.07, 6.45) is 3.84. The van der Waals surface area contributed by atoms with E-state index >= 15 is 0 Å². The van der Waals surface area contributed by atoms with Crippen molar-refractivity contribution in [2.45, 2.75) is 20.4 Å². The van der Waals surface area contributed by atoms with E-state index in [-0.39, 0.29) is 0 Å². The van der Waals surface area contributed by atoms with Crippen molar-refractivity contribution in [3.8, 4) is 5.88 Å². The van der Waals surface area contributed by atoms with E-state index in [1.807, 2.05) is 39.4 Å². The Morgan fingerprint density at radius 3 is 2.61 bits per heavy atom. The molecule has 2 aromatic rings. The fraction of sp³-hybridized carbons (Fsp3) is 0.562. The predicted octanol–water partition coefficient (Wildman–Crippen LogP) is 1.24. The summed E-state index contributed by atoms with van der Waals surface area (Å²) in [5, 5.41) is 0. The molecule has 1 aliphatic rings. The second-order valence-corrected chi connectivity index (χ2v) is 5.80. The van der Waals surface area contributed by atoms with Gasteiger partial charge in [0.15, 0.2) is 0 Å². The molecule has 124 valence electrons. The molecule has 0 saturated carbocycles. The number of piperazine rings is 1. The highest BCUT2D eigenvalue weighted by molar-refractivity contribution is 5.35. The first kappa shape index (κ1) is 15.7. The Morgan fingerprint density at radius 2 is 1.96 bits per heavy atom. The third-order valence-corrected chi connectivity index (χ3v) is 4.05. The topological polar surface area (TPSA) is 59.3 Å². The maximum Gasteiger partial charge on any atom is 0.228 e. The van der Waals surface area contributed by atoms with Crippen molar-refractivity contribution in [1.29, 1.82) is 0 Å². The molecule has 0 radical (unpaired) electrons. The van der Waals surface area contributed by atoms with Crippen LogP contribution in [0.25, 0.3) is 0 Å². The third-order valence-electron chi connectivity index (χ3n) is 4.05. The monoisotopic (exact) mass is 316 g/mol. The van der Waals surface area contributed by atoms with Gasteiger partial charge in [0, 0.05) is 57.4 Å². The van der Waals surface area contributed by atoms with Crippen LogP contribution >= 0.6 is 0 Å². The summed E-state index contributed by atoms with van der Waals surface area (Å²) < 4.78 is 7.60. The minimum absolute atomic E-state index is 0.618. The molecule has 3 rings (SSSR count). The maximum absolute atomic E-state index is 5.52. The van der Waals surface area contributed by atoms with Gasteiger partial charge < -0.3 is 14.2 Å². The number of hydrogen-bond donors (Lipinski definition) is 0. The smallest absolute Gasteiger partial charge is 0.228 e. The number of aryl methyl sites for hydroxylation is 2. The van der Waals surface area contributed by atoms with Crippen LogP contribution in [-0.4, -0.2) is 57.2 Å². The average molecular weight is 316 g/mol. The molecule has 7 nitrogen and oxygen atoms in total. The van der Waals surface area contributed by atoms with E-state index in [2.05, 4.69) is 29.3 Å². The fourth-order valence-corrected chi connectivity index (χ4v) is 2.74. The van der Waals surface area contributed by atoms with Crippen LogP contribution in [0.15, 0.2) is 18.5 Å². The molecule has 1 saturated heterocycles. The van der Waals surface area contributed by atoms with Gasteiger partial charge in [-0.3, -0.25) is 4.90 Å². The second-order valence-electron chi connectivity index (χ2n) is 5.80. The first-order valence-corrected chi connectivity index (χ1v) is 8.07. The van der Waals surface area contributed by atoms with Crippen molar-refractivity contribution in [3.05, 3.63) is 30.0 Å². The highest BCUT2D eigenvalue weighted by Crippen LogP contribution is 2.17. The molecule has 0 aromatic carbocycles. The van der Waals surface area contributed by atoms with Crippen molar-refractivity contribution in [1.82, 2.24) is 24.4 Å². The largest absolute Gasteiger partial charge is 0.478 e. The Hall–Kier alpha value is -2.15. The minimum Gasteiger partial charge on any atom is -0.478 e. The van der Waals surface area contributed by atoms with E-state index in [0.717, 1.165) is 50.2 Å².